The van der Waals surface area contributed by atoms with Crippen LogP contribution in [0.5, 0.6) is 0 Å². The van der Waals surface area contributed by atoms with Gasteiger partial charge < -0.3 is 4.90 Å². The molecule has 1 aliphatic heterocycles. The van der Waals surface area contributed by atoms with Crippen molar-refractivity contribution < 1.29 is 13.2 Å². The molecule has 0 spiro atoms. The lowest BCUT2D eigenvalue weighted by Crippen LogP contribution is -2.39. The van der Waals surface area contributed by atoms with Crippen LogP contribution < -0.4 is 4.72 Å². The van der Waals surface area contributed by atoms with Crippen molar-refractivity contribution in [3.8, 4) is 0 Å². The van der Waals surface area contributed by atoms with Gasteiger partial charge in [0.05, 0.1) is 12.3 Å². The summed E-state index contributed by atoms with van der Waals surface area (Å²) >= 11 is 0. The van der Waals surface area contributed by atoms with Gasteiger partial charge in [0.25, 0.3) is 0 Å². The van der Waals surface area contributed by atoms with E-state index in [1.165, 1.54) is 0 Å². The summed E-state index contributed by atoms with van der Waals surface area (Å²) in [7, 11) is -3.25. The Bertz CT molecular complexity index is 307. The van der Waals surface area contributed by atoms with Crippen LogP contribution in [0.4, 0.5) is 0 Å². The Morgan fingerprint density at radius 1 is 1.33 bits per heavy atom. The molecule has 0 aliphatic carbocycles. The van der Waals surface area contributed by atoms with Crippen molar-refractivity contribution in [2.24, 2.45) is 0 Å². The molecule has 1 N–H and O–H groups in total. The molecule has 1 aliphatic rings. The standard InChI is InChI=1S/C9H18N2O3S/c1-2-7-15(13,14)10-8-9(12)11-5-3-4-6-11/h10H,2-8H2,1H3. The molecule has 0 aromatic heterocycles. The van der Waals surface area contributed by atoms with Crippen LogP contribution in [-0.4, -0.2) is 44.6 Å². The van der Waals surface area contributed by atoms with Crippen LogP contribution in [0.15, 0.2) is 0 Å². The summed E-state index contributed by atoms with van der Waals surface area (Å²) in [6, 6.07) is 0. The molecule has 0 aromatic rings. The third kappa shape index (κ3) is 4.17. The minimum atomic E-state index is -3.25. The number of nitrogens with one attached hydrogen (secondary N) is 1. The van der Waals surface area contributed by atoms with Gasteiger partial charge in [-0.2, -0.15) is 0 Å². The smallest absolute Gasteiger partial charge is 0.237 e. The van der Waals surface area contributed by atoms with Crippen molar-refractivity contribution in [3.05, 3.63) is 0 Å². The minimum Gasteiger partial charge on any atom is -0.342 e. The van der Waals surface area contributed by atoms with Gasteiger partial charge in [0, 0.05) is 13.1 Å². The fourth-order valence-electron chi connectivity index (χ4n) is 1.59. The second kappa shape index (κ2) is 5.46. The van der Waals surface area contributed by atoms with Gasteiger partial charge >= 0.3 is 0 Å². The molecular formula is C9H18N2O3S. The van der Waals surface area contributed by atoms with E-state index in [4.69, 9.17) is 0 Å². The zero-order valence-corrected chi connectivity index (χ0v) is 9.85. The SMILES string of the molecule is CCCS(=O)(=O)NCC(=O)N1CCCC1. The molecule has 1 saturated heterocycles. The number of carbonyl (C=O) groups is 1. The minimum absolute atomic E-state index is 0.0836. The van der Waals surface area contributed by atoms with Crippen molar-refractivity contribution in [3.63, 3.8) is 0 Å². The lowest BCUT2D eigenvalue weighted by atomic mass is 10.4. The zero-order valence-electron chi connectivity index (χ0n) is 9.03. The summed E-state index contributed by atoms with van der Waals surface area (Å²) in [5, 5.41) is 0. The summed E-state index contributed by atoms with van der Waals surface area (Å²) in [5.74, 6) is -0.0347. The van der Waals surface area contributed by atoms with Crippen LogP contribution in [0.2, 0.25) is 0 Å². The number of hydrogen-bond acceptors (Lipinski definition) is 3. The number of amides is 1. The fraction of sp³-hybridized carbons (Fsp3) is 0.889. The molecule has 1 heterocycles. The van der Waals surface area contributed by atoms with E-state index < -0.39 is 10.0 Å². The molecule has 1 amide bonds. The van der Waals surface area contributed by atoms with E-state index in [2.05, 4.69) is 4.72 Å². The first-order valence-electron chi connectivity index (χ1n) is 5.30. The molecule has 0 atom stereocenters. The first-order valence-corrected chi connectivity index (χ1v) is 6.95. The van der Waals surface area contributed by atoms with E-state index in [0.717, 1.165) is 25.9 Å². The van der Waals surface area contributed by atoms with Crippen LogP contribution in [0.3, 0.4) is 0 Å². The van der Waals surface area contributed by atoms with Crippen molar-refractivity contribution in [2.45, 2.75) is 26.2 Å². The summed E-state index contributed by atoms with van der Waals surface area (Å²) in [6.45, 7) is 3.21. The number of carbonyl (C=O) groups excluding carboxylic acids is 1. The van der Waals surface area contributed by atoms with E-state index in [1.54, 1.807) is 11.8 Å². The molecule has 15 heavy (non-hydrogen) atoms. The van der Waals surface area contributed by atoms with E-state index in [9.17, 15) is 13.2 Å². The van der Waals surface area contributed by atoms with Crippen molar-refractivity contribution in [2.75, 3.05) is 25.4 Å². The highest BCUT2D eigenvalue weighted by Crippen LogP contribution is 2.06. The largest absolute Gasteiger partial charge is 0.342 e. The maximum absolute atomic E-state index is 11.5. The van der Waals surface area contributed by atoms with Gasteiger partial charge in [-0.3, -0.25) is 4.79 Å². The monoisotopic (exact) mass is 234 g/mol. The fourth-order valence-corrected chi connectivity index (χ4v) is 2.62. The Kier molecular flexibility index (Phi) is 4.53. The Morgan fingerprint density at radius 3 is 2.47 bits per heavy atom. The Balaban J connectivity index is 2.33. The van der Waals surface area contributed by atoms with Gasteiger partial charge in [0.1, 0.15) is 0 Å². The number of nitrogens with zero attached hydrogens (tertiary/aromatic N) is 1. The van der Waals surface area contributed by atoms with Crippen LogP contribution in [0.25, 0.3) is 0 Å². The van der Waals surface area contributed by atoms with Gasteiger partial charge in [-0.05, 0) is 19.3 Å². The molecule has 6 heteroatoms. The highest BCUT2D eigenvalue weighted by Gasteiger charge is 2.19. The average molecular weight is 234 g/mol. The van der Waals surface area contributed by atoms with Crippen LogP contribution in [-0.2, 0) is 14.8 Å². The first-order chi connectivity index (χ1) is 7.05. The highest BCUT2D eigenvalue weighted by molar-refractivity contribution is 7.89. The zero-order chi connectivity index (χ0) is 11.3. The van der Waals surface area contributed by atoms with Gasteiger partial charge in [0.15, 0.2) is 0 Å². The van der Waals surface area contributed by atoms with Gasteiger partial charge in [-0.25, -0.2) is 13.1 Å². The molecule has 0 saturated carbocycles. The predicted molar refractivity (Wildman–Crippen MR) is 57.9 cm³/mol. The van der Waals surface area contributed by atoms with Crippen molar-refractivity contribution in [1.82, 2.24) is 9.62 Å². The quantitative estimate of drug-likeness (QED) is 0.724. The number of sulfonamides is 1. The number of rotatable bonds is 5. The molecule has 0 bridgehead atoms. The Labute approximate surface area is 90.9 Å². The van der Waals surface area contributed by atoms with Crippen molar-refractivity contribution in [1.29, 1.82) is 0 Å². The van der Waals surface area contributed by atoms with E-state index in [0.29, 0.717) is 6.42 Å². The normalized spacial score (nSPS) is 17.0. The first kappa shape index (κ1) is 12.4. The molecule has 0 aromatic carbocycles. The Hall–Kier alpha value is -0.620. The molecule has 1 rings (SSSR count). The lowest BCUT2D eigenvalue weighted by molar-refractivity contribution is -0.128. The number of likely N-dealkylation sites (tertiary alicyclic amines) is 1. The van der Waals surface area contributed by atoms with Crippen LogP contribution >= 0.6 is 0 Å². The lowest BCUT2D eigenvalue weighted by Gasteiger charge is -2.15. The van der Waals surface area contributed by atoms with Crippen LogP contribution in [0.1, 0.15) is 26.2 Å². The molecule has 0 radical (unpaired) electrons. The van der Waals surface area contributed by atoms with Gasteiger partial charge in [0.2, 0.25) is 15.9 Å². The van der Waals surface area contributed by atoms with Crippen LogP contribution in [0, 0.1) is 0 Å². The molecule has 0 unspecified atom stereocenters. The summed E-state index contributed by atoms with van der Waals surface area (Å²) < 4.78 is 24.9. The summed E-state index contributed by atoms with van der Waals surface area (Å²) in [5.41, 5.74) is 0. The molecule has 5 nitrogen and oxygen atoms in total. The molecule has 1 fully saturated rings. The third-order valence-corrected chi connectivity index (χ3v) is 3.90. The van der Waals surface area contributed by atoms with E-state index in [1.807, 2.05) is 0 Å². The molecular weight excluding hydrogens is 216 g/mol. The molecule has 88 valence electrons. The average Bonchev–Trinajstić information content (AvgIpc) is 2.67. The maximum Gasteiger partial charge on any atom is 0.237 e. The highest BCUT2D eigenvalue weighted by atomic mass is 32.2. The van der Waals surface area contributed by atoms with Gasteiger partial charge in [-0.15, -0.1) is 0 Å². The maximum atomic E-state index is 11.5. The van der Waals surface area contributed by atoms with Gasteiger partial charge in [-0.1, -0.05) is 6.92 Å². The third-order valence-electron chi connectivity index (χ3n) is 2.37. The predicted octanol–water partition coefficient (Wildman–Crippen LogP) is -0.0618. The summed E-state index contributed by atoms with van der Waals surface area (Å²) in [6.07, 6.45) is 2.61. The summed E-state index contributed by atoms with van der Waals surface area (Å²) in [4.78, 5) is 13.2. The van der Waals surface area contributed by atoms with E-state index >= 15 is 0 Å². The Morgan fingerprint density at radius 2 is 1.93 bits per heavy atom. The topological polar surface area (TPSA) is 66.5 Å². The second-order valence-corrected chi connectivity index (χ2v) is 5.65. The van der Waals surface area contributed by atoms with E-state index in [-0.39, 0.29) is 18.2 Å². The van der Waals surface area contributed by atoms with Crippen molar-refractivity contribution >= 4 is 15.9 Å². The second-order valence-electron chi connectivity index (χ2n) is 3.73. The number of hydrogen-bond donors (Lipinski definition) is 1.